The lowest BCUT2D eigenvalue weighted by Crippen LogP contribution is -2.06. The van der Waals surface area contributed by atoms with Crippen LogP contribution in [-0.4, -0.2) is 18.3 Å². The smallest absolute Gasteiger partial charge is 0.161 e. The third-order valence-electron chi connectivity index (χ3n) is 2.03. The van der Waals surface area contributed by atoms with E-state index < -0.39 is 0 Å². The molecule has 3 N–H and O–H groups in total. The van der Waals surface area contributed by atoms with Gasteiger partial charge in [0.15, 0.2) is 11.5 Å². The molecule has 1 aromatic carbocycles. The van der Waals surface area contributed by atoms with Crippen LogP contribution in [0, 0.1) is 5.92 Å². The molecule has 0 aliphatic carbocycles. The van der Waals surface area contributed by atoms with Crippen LogP contribution in [0.3, 0.4) is 0 Å². The van der Waals surface area contributed by atoms with Gasteiger partial charge in [-0.3, -0.25) is 0 Å². The summed E-state index contributed by atoms with van der Waals surface area (Å²) in [5, 5.41) is 9.56. The summed E-state index contributed by atoms with van der Waals surface area (Å²) in [6.07, 6.45) is 0.804. The summed E-state index contributed by atoms with van der Waals surface area (Å²) in [6.45, 7) is 5.36. The number of ether oxygens (including phenoxy) is 1. The summed E-state index contributed by atoms with van der Waals surface area (Å²) < 4.78 is 5.49. The minimum atomic E-state index is 0.191. The minimum absolute atomic E-state index is 0.191. The summed E-state index contributed by atoms with van der Waals surface area (Å²) in [7, 11) is 0. The van der Waals surface area contributed by atoms with Gasteiger partial charge in [0.1, 0.15) is 0 Å². The van der Waals surface area contributed by atoms with E-state index in [4.69, 9.17) is 10.5 Å². The Kier molecular flexibility index (Phi) is 4.43. The number of phenols is 1. The number of phenolic OH excluding ortho intramolecular Hbond substituents is 1. The first-order chi connectivity index (χ1) is 7.13. The fraction of sp³-hybridized carbons (Fsp3) is 0.500. The maximum absolute atomic E-state index is 9.56. The van der Waals surface area contributed by atoms with Crippen LogP contribution in [0.1, 0.15) is 19.4 Å². The van der Waals surface area contributed by atoms with E-state index in [0.29, 0.717) is 24.8 Å². The van der Waals surface area contributed by atoms with Gasteiger partial charge in [-0.05, 0) is 36.6 Å². The normalized spacial score (nSPS) is 10.7. The Morgan fingerprint density at radius 2 is 2.13 bits per heavy atom. The van der Waals surface area contributed by atoms with Crippen molar-refractivity contribution in [1.82, 2.24) is 0 Å². The lowest BCUT2D eigenvalue weighted by atomic mass is 10.1. The van der Waals surface area contributed by atoms with Crippen molar-refractivity contribution in [2.45, 2.75) is 20.3 Å². The molecule has 0 fully saturated rings. The van der Waals surface area contributed by atoms with E-state index in [-0.39, 0.29) is 5.75 Å². The van der Waals surface area contributed by atoms with Gasteiger partial charge in [-0.15, -0.1) is 0 Å². The molecular weight excluding hydrogens is 190 g/mol. The number of nitrogens with two attached hydrogens (primary N) is 1. The Bertz CT molecular complexity index is 310. The summed E-state index contributed by atoms with van der Waals surface area (Å²) in [5.74, 6) is 1.19. The molecule has 0 atom stereocenters. The van der Waals surface area contributed by atoms with Crippen molar-refractivity contribution in [3.05, 3.63) is 23.8 Å². The van der Waals surface area contributed by atoms with Crippen LogP contribution in [0.5, 0.6) is 11.5 Å². The van der Waals surface area contributed by atoms with Gasteiger partial charge in [0.2, 0.25) is 0 Å². The fourth-order valence-corrected chi connectivity index (χ4v) is 1.25. The zero-order chi connectivity index (χ0) is 11.3. The first kappa shape index (κ1) is 11.9. The molecular formula is C12H19NO2. The summed E-state index contributed by atoms with van der Waals surface area (Å²) >= 11 is 0. The lowest BCUT2D eigenvalue weighted by molar-refractivity contribution is 0.259. The van der Waals surface area contributed by atoms with Crippen molar-refractivity contribution >= 4 is 0 Å². The molecule has 1 rings (SSSR count). The molecule has 0 saturated heterocycles. The van der Waals surface area contributed by atoms with E-state index in [0.717, 1.165) is 12.0 Å². The zero-order valence-electron chi connectivity index (χ0n) is 9.36. The number of hydrogen-bond donors (Lipinski definition) is 2. The SMILES string of the molecule is CC(C)COc1cc(CCN)ccc1O. The van der Waals surface area contributed by atoms with Crippen molar-refractivity contribution < 1.29 is 9.84 Å². The second kappa shape index (κ2) is 5.61. The van der Waals surface area contributed by atoms with Crippen LogP contribution in [0.25, 0.3) is 0 Å². The van der Waals surface area contributed by atoms with Crippen LogP contribution in [-0.2, 0) is 6.42 Å². The molecule has 0 heterocycles. The van der Waals surface area contributed by atoms with Crippen molar-refractivity contribution in [2.75, 3.05) is 13.2 Å². The van der Waals surface area contributed by atoms with E-state index in [1.807, 2.05) is 12.1 Å². The van der Waals surface area contributed by atoms with Crippen LogP contribution in [0.4, 0.5) is 0 Å². The Morgan fingerprint density at radius 3 is 2.73 bits per heavy atom. The molecule has 3 nitrogen and oxygen atoms in total. The Labute approximate surface area is 90.9 Å². The average Bonchev–Trinajstić information content (AvgIpc) is 2.19. The highest BCUT2D eigenvalue weighted by Crippen LogP contribution is 2.27. The largest absolute Gasteiger partial charge is 0.504 e. The van der Waals surface area contributed by atoms with E-state index in [9.17, 15) is 5.11 Å². The lowest BCUT2D eigenvalue weighted by Gasteiger charge is -2.11. The van der Waals surface area contributed by atoms with Crippen LogP contribution >= 0.6 is 0 Å². The maximum atomic E-state index is 9.56. The Balaban J connectivity index is 2.71. The Morgan fingerprint density at radius 1 is 1.40 bits per heavy atom. The van der Waals surface area contributed by atoms with Gasteiger partial charge in [0.05, 0.1) is 6.61 Å². The summed E-state index contributed by atoms with van der Waals surface area (Å²) in [6, 6.07) is 5.37. The first-order valence-electron chi connectivity index (χ1n) is 5.28. The standard InChI is InChI=1S/C12H19NO2/c1-9(2)8-15-12-7-10(5-6-13)3-4-11(12)14/h3-4,7,9,14H,5-6,8,13H2,1-2H3. The van der Waals surface area contributed by atoms with Gasteiger partial charge < -0.3 is 15.6 Å². The second-order valence-electron chi connectivity index (χ2n) is 4.05. The second-order valence-corrected chi connectivity index (χ2v) is 4.05. The highest BCUT2D eigenvalue weighted by atomic mass is 16.5. The van der Waals surface area contributed by atoms with Gasteiger partial charge in [0, 0.05) is 0 Å². The van der Waals surface area contributed by atoms with Gasteiger partial charge in [-0.25, -0.2) is 0 Å². The van der Waals surface area contributed by atoms with Gasteiger partial charge in [-0.1, -0.05) is 19.9 Å². The molecule has 0 aliphatic rings. The number of hydrogen-bond acceptors (Lipinski definition) is 3. The molecule has 84 valence electrons. The van der Waals surface area contributed by atoms with Crippen LogP contribution < -0.4 is 10.5 Å². The highest BCUT2D eigenvalue weighted by Gasteiger charge is 2.04. The van der Waals surface area contributed by atoms with Gasteiger partial charge in [0.25, 0.3) is 0 Å². The number of rotatable bonds is 5. The molecule has 0 amide bonds. The third kappa shape index (κ3) is 3.80. The van der Waals surface area contributed by atoms with Crippen molar-refractivity contribution in [3.63, 3.8) is 0 Å². The minimum Gasteiger partial charge on any atom is -0.504 e. The predicted octanol–water partition coefficient (Wildman–Crippen LogP) is 1.93. The topological polar surface area (TPSA) is 55.5 Å². The molecule has 15 heavy (non-hydrogen) atoms. The fourth-order valence-electron chi connectivity index (χ4n) is 1.25. The summed E-state index contributed by atoms with van der Waals surface area (Å²) in [4.78, 5) is 0. The molecule has 0 saturated carbocycles. The number of benzene rings is 1. The van der Waals surface area contributed by atoms with Crippen LogP contribution in [0.2, 0.25) is 0 Å². The predicted molar refractivity (Wildman–Crippen MR) is 61.2 cm³/mol. The monoisotopic (exact) mass is 209 g/mol. The molecule has 0 radical (unpaired) electrons. The molecule has 0 aromatic heterocycles. The van der Waals surface area contributed by atoms with Gasteiger partial charge >= 0.3 is 0 Å². The zero-order valence-corrected chi connectivity index (χ0v) is 9.36. The quantitative estimate of drug-likeness (QED) is 0.779. The molecule has 3 heteroatoms. The average molecular weight is 209 g/mol. The van der Waals surface area contributed by atoms with Crippen molar-refractivity contribution in [1.29, 1.82) is 0 Å². The first-order valence-corrected chi connectivity index (χ1v) is 5.28. The Hall–Kier alpha value is -1.22. The molecule has 0 unspecified atom stereocenters. The molecule has 0 spiro atoms. The van der Waals surface area contributed by atoms with E-state index in [1.165, 1.54) is 0 Å². The van der Waals surface area contributed by atoms with E-state index >= 15 is 0 Å². The summed E-state index contributed by atoms with van der Waals surface area (Å²) in [5.41, 5.74) is 6.56. The highest BCUT2D eigenvalue weighted by molar-refractivity contribution is 5.41. The van der Waals surface area contributed by atoms with E-state index in [2.05, 4.69) is 13.8 Å². The van der Waals surface area contributed by atoms with Crippen molar-refractivity contribution in [2.24, 2.45) is 11.7 Å². The van der Waals surface area contributed by atoms with Gasteiger partial charge in [-0.2, -0.15) is 0 Å². The molecule has 0 bridgehead atoms. The molecule has 1 aromatic rings. The van der Waals surface area contributed by atoms with Crippen molar-refractivity contribution in [3.8, 4) is 11.5 Å². The third-order valence-corrected chi connectivity index (χ3v) is 2.03. The maximum Gasteiger partial charge on any atom is 0.161 e. The molecule has 0 aliphatic heterocycles. The number of aromatic hydroxyl groups is 1. The van der Waals surface area contributed by atoms with Crippen LogP contribution in [0.15, 0.2) is 18.2 Å². The van der Waals surface area contributed by atoms with E-state index in [1.54, 1.807) is 6.07 Å².